The van der Waals surface area contributed by atoms with Crippen LogP contribution in [0.4, 0.5) is 5.95 Å². The van der Waals surface area contributed by atoms with Gasteiger partial charge in [-0.2, -0.15) is 9.97 Å². The Morgan fingerprint density at radius 2 is 2.19 bits per heavy atom. The zero-order valence-electron chi connectivity index (χ0n) is 10.9. The van der Waals surface area contributed by atoms with Crippen LogP contribution in [-0.4, -0.2) is 30.9 Å². The Labute approximate surface area is 124 Å². The Morgan fingerprint density at radius 1 is 1.38 bits per heavy atom. The number of carbonyl (C=O) groups is 1. The fraction of sp³-hybridized carbons (Fsp3) is 0.0769. The molecule has 0 fully saturated rings. The van der Waals surface area contributed by atoms with Gasteiger partial charge in [0.1, 0.15) is 11.3 Å². The van der Waals surface area contributed by atoms with Crippen molar-refractivity contribution in [1.82, 2.24) is 19.9 Å². The SMILES string of the molecule is Cc1c(O)cccc1C(=O)Nc1nc(Cl)c2[nH]cnc2n1. The van der Waals surface area contributed by atoms with Crippen molar-refractivity contribution in [1.29, 1.82) is 0 Å². The van der Waals surface area contributed by atoms with Crippen LogP contribution < -0.4 is 5.32 Å². The molecule has 21 heavy (non-hydrogen) atoms. The number of anilines is 1. The number of amides is 1. The number of carbonyl (C=O) groups excluding carboxylic acids is 1. The lowest BCUT2D eigenvalue weighted by molar-refractivity contribution is 0.102. The number of aromatic amines is 1. The third-order valence-electron chi connectivity index (χ3n) is 3.02. The van der Waals surface area contributed by atoms with Crippen LogP contribution in [0.1, 0.15) is 15.9 Å². The normalized spacial score (nSPS) is 10.8. The summed E-state index contributed by atoms with van der Waals surface area (Å²) < 4.78 is 0. The van der Waals surface area contributed by atoms with Crippen molar-refractivity contribution < 1.29 is 9.90 Å². The third-order valence-corrected chi connectivity index (χ3v) is 3.29. The first kappa shape index (κ1) is 13.3. The highest BCUT2D eigenvalue weighted by Gasteiger charge is 2.14. The summed E-state index contributed by atoms with van der Waals surface area (Å²) in [6.45, 7) is 1.65. The van der Waals surface area contributed by atoms with Crippen LogP contribution >= 0.6 is 11.6 Å². The second-order valence-corrected chi connectivity index (χ2v) is 4.70. The number of phenols is 1. The number of hydrogen-bond donors (Lipinski definition) is 3. The van der Waals surface area contributed by atoms with E-state index < -0.39 is 5.91 Å². The van der Waals surface area contributed by atoms with Crippen molar-refractivity contribution >= 4 is 34.6 Å². The molecule has 7 nitrogen and oxygen atoms in total. The number of hydrogen-bond acceptors (Lipinski definition) is 5. The number of imidazole rings is 1. The van der Waals surface area contributed by atoms with Gasteiger partial charge >= 0.3 is 0 Å². The summed E-state index contributed by atoms with van der Waals surface area (Å²) in [5, 5.41) is 12.3. The Morgan fingerprint density at radius 3 is 3.00 bits per heavy atom. The average molecular weight is 304 g/mol. The number of phenolic OH excluding ortho intramolecular Hbond substituents is 1. The second-order valence-electron chi connectivity index (χ2n) is 4.34. The van der Waals surface area contributed by atoms with E-state index in [1.54, 1.807) is 19.1 Å². The lowest BCUT2D eigenvalue weighted by atomic mass is 10.1. The van der Waals surface area contributed by atoms with Crippen molar-refractivity contribution in [3.05, 3.63) is 40.8 Å². The predicted octanol–water partition coefficient (Wildman–Crippen LogP) is 2.27. The van der Waals surface area contributed by atoms with E-state index >= 15 is 0 Å². The molecule has 0 aliphatic heterocycles. The molecule has 3 rings (SSSR count). The Balaban J connectivity index is 1.94. The van der Waals surface area contributed by atoms with E-state index in [-0.39, 0.29) is 16.9 Å². The first-order valence-corrected chi connectivity index (χ1v) is 6.40. The highest BCUT2D eigenvalue weighted by Crippen LogP contribution is 2.21. The number of H-pyrrole nitrogens is 1. The first-order chi connectivity index (χ1) is 10.1. The summed E-state index contributed by atoms with van der Waals surface area (Å²) >= 11 is 5.98. The van der Waals surface area contributed by atoms with Crippen LogP contribution in [0.15, 0.2) is 24.5 Å². The van der Waals surface area contributed by atoms with E-state index in [4.69, 9.17) is 11.6 Å². The standard InChI is InChI=1S/C13H10ClN5O2/c1-6-7(3-2-4-8(6)20)12(21)19-13-17-10(14)9-11(18-13)16-5-15-9/h2-5,20H,1H3,(H2,15,16,17,18,19,21). The molecule has 3 N–H and O–H groups in total. The van der Waals surface area contributed by atoms with Gasteiger partial charge in [0.25, 0.3) is 5.91 Å². The quantitative estimate of drug-likeness (QED) is 0.630. The van der Waals surface area contributed by atoms with Gasteiger partial charge in [-0.25, -0.2) is 4.98 Å². The number of benzene rings is 1. The maximum absolute atomic E-state index is 12.2. The van der Waals surface area contributed by atoms with Gasteiger partial charge in [-0.3, -0.25) is 10.1 Å². The van der Waals surface area contributed by atoms with Crippen LogP contribution in [0.5, 0.6) is 5.75 Å². The molecule has 3 aromatic rings. The number of halogens is 1. The number of fused-ring (bicyclic) bond motifs is 1. The topological polar surface area (TPSA) is 104 Å². The molecule has 0 radical (unpaired) electrons. The van der Waals surface area contributed by atoms with Gasteiger partial charge < -0.3 is 10.1 Å². The number of aromatic nitrogens is 4. The monoisotopic (exact) mass is 303 g/mol. The largest absolute Gasteiger partial charge is 0.508 e. The fourth-order valence-electron chi connectivity index (χ4n) is 1.89. The smallest absolute Gasteiger partial charge is 0.258 e. The molecule has 0 aliphatic carbocycles. The molecular weight excluding hydrogens is 294 g/mol. The maximum Gasteiger partial charge on any atom is 0.258 e. The van der Waals surface area contributed by atoms with Crippen molar-refractivity contribution in [3.8, 4) is 5.75 Å². The molecule has 0 atom stereocenters. The summed E-state index contributed by atoms with van der Waals surface area (Å²) in [6, 6.07) is 4.69. The Hall–Kier alpha value is -2.67. The number of nitrogens with zero attached hydrogens (tertiary/aromatic N) is 3. The van der Waals surface area contributed by atoms with E-state index in [1.165, 1.54) is 12.4 Å². The van der Waals surface area contributed by atoms with Crippen molar-refractivity contribution in [2.24, 2.45) is 0 Å². The molecule has 2 heterocycles. The molecule has 0 unspecified atom stereocenters. The summed E-state index contributed by atoms with van der Waals surface area (Å²) in [4.78, 5) is 27.0. The Bertz CT molecular complexity index is 846. The van der Waals surface area contributed by atoms with E-state index in [0.717, 1.165) is 0 Å². The van der Waals surface area contributed by atoms with Gasteiger partial charge in [-0.15, -0.1) is 0 Å². The summed E-state index contributed by atoms with van der Waals surface area (Å²) in [5.74, 6) is -0.342. The van der Waals surface area contributed by atoms with Crippen LogP contribution in [-0.2, 0) is 0 Å². The fourth-order valence-corrected chi connectivity index (χ4v) is 2.11. The van der Waals surface area contributed by atoms with E-state index in [2.05, 4.69) is 25.3 Å². The molecule has 0 spiro atoms. The molecule has 0 bridgehead atoms. The van der Waals surface area contributed by atoms with Crippen molar-refractivity contribution in [3.63, 3.8) is 0 Å². The van der Waals surface area contributed by atoms with Crippen LogP contribution in [0.3, 0.4) is 0 Å². The molecule has 106 valence electrons. The molecule has 1 amide bonds. The number of aromatic hydroxyl groups is 1. The summed E-state index contributed by atoms with van der Waals surface area (Å²) in [7, 11) is 0. The lowest BCUT2D eigenvalue weighted by Crippen LogP contribution is -2.15. The summed E-state index contributed by atoms with van der Waals surface area (Å²) in [6.07, 6.45) is 1.44. The average Bonchev–Trinajstić information content (AvgIpc) is 2.90. The maximum atomic E-state index is 12.2. The minimum atomic E-state index is -0.436. The van der Waals surface area contributed by atoms with E-state index in [9.17, 15) is 9.90 Å². The van der Waals surface area contributed by atoms with Gasteiger partial charge in [0.2, 0.25) is 5.95 Å². The molecular formula is C13H10ClN5O2. The van der Waals surface area contributed by atoms with Crippen LogP contribution in [0.2, 0.25) is 5.15 Å². The lowest BCUT2D eigenvalue weighted by Gasteiger charge is -2.07. The molecule has 8 heteroatoms. The van der Waals surface area contributed by atoms with E-state index in [1.807, 2.05) is 0 Å². The molecule has 0 saturated carbocycles. The van der Waals surface area contributed by atoms with Gasteiger partial charge in [-0.1, -0.05) is 17.7 Å². The first-order valence-electron chi connectivity index (χ1n) is 6.03. The Kier molecular flexibility index (Phi) is 3.19. The second kappa shape index (κ2) is 5.02. The highest BCUT2D eigenvalue weighted by molar-refractivity contribution is 6.33. The minimum absolute atomic E-state index is 0.0457. The molecule has 0 saturated heterocycles. The van der Waals surface area contributed by atoms with Gasteiger partial charge in [-0.05, 0) is 19.1 Å². The predicted molar refractivity (Wildman–Crippen MR) is 77.5 cm³/mol. The summed E-state index contributed by atoms with van der Waals surface area (Å²) in [5.41, 5.74) is 1.67. The van der Waals surface area contributed by atoms with E-state index in [0.29, 0.717) is 22.3 Å². The molecule has 2 aromatic heterocycles. The highest BCUT2D eigenvalue weighted by atomic mass is 35.5. The zero-order valence-corrected chi connectivity index (χ0v) is 11.6. The number of nitrogens with one attached hydrogen (secondary N) is 2. The van der Waals surface area contributed by atoms with Crippen LogP contribution in [0.25, 0.3) is 11.2 Å². The molecule has 1 aromatic carbocycles. The zero-order chi connectivity index (χ0) is 15.0. The van der Waals surface area contributed by atoms with Gasteiger partial charge in [0.15, 0.2) is 10.8 Å². The van der Waals surface area contributed by atoms with Gasteiger partial charge in [0, 0.05) is 11.1 Å². The minimum Gasteiger partial charge on any atom is -0.508 e. The third kappa shape index (κ3) is 2.38. The number of rotatable bonds is 2. The van der Waals surface area contributed by atoms with Gasteiger partial charge in [0.05, 0.1) is 6.33 Å². The van der Waals surface area contributed by atoms with Crippen LogP contribution in [0, 0.1) is 6.92 Å². The van der Waals surface area contributed by atoms with Crippen molar-refractivity contribution in [2.75, 3.05) is 5.32 Å². The molecule has 0 aliphatic rings. The van der Waals surface area contributed by atoms with Crippen molar-refractivity contribution in [2.45, 2.75) is 6.92 Å².